The maximum Gasteiger partial charge on any atom is 0.256 e. The lowest BCUT2D eigenvalue weighted by atomic mass is 10.1. The topological polar surface area (TPSA) is 55.1 Å². The molecule has 2 aromatic carbocycles. The first-order valence-electron chi connectivity index (χ1n) is 5.64. The van der Waals surface area contributed by atoms with Crippen LogP contribution >= 0.6 is 44.1 Å². The highest BCUT2D eigenvalue weighted by molar-refractivity contribution is 9.10. The molecule has 0 atom stereocenters. The Morgan fingerprint density at radius 3 is 2.45 bits per heavy atom. The fourth-order valence-corrected chi connectivity index (χ4v) is 2.66. The zero-order valence-electron chi connectivity index (χ0n) is 10.2. The van der Waals surface area contributed by atoms with Gasteiger partial charge in [0, 0.05) is 14.5 Å². The van der Waals surface area contributed by atoms with E-state index in [1.54, 1.807) is 24.3 Å². The van der Waals surface area contributed by atoms with Crippen LogP contribution in [0.3, 0.4) is 0 Å². The molecule has 20 heavy (non-hydrogen) atoms. The smallest absolute Gasteiger partial charge is 0.256 e. The maximum absolute atomic E-state index is 12.3. The molecule has 2 rings (SSSR count). The molecule has 0 aliphatic heterocycles. The molecule has 0 aliphatic carbocycles. The number of nitrogens with one attached hydrogen (secondary N) is 1. The second-order valence-electron chi connectivity index (χ2n) is 3.99. The predicted molar refractivity (Wildman–Crippen MR) is 92.1 cm³/mol. The Labute approximate surface area is 138 Å². The van der Waals surface area contributed by atoms with Crippen molar-refractivity contribution in [2.24, 2.45) is 5.73 Å². The fraction of sp³-hybridized carbons (Fsp3) is 0. The largest absolute Gasteiger partial charge is 0.389 e. The number of halogens is 2. The third kappa shape index (κ3) is 3.45. The Bertz CT molecular complexity index is 689. The zero-order chi connectivity index (χ0) is 14.7. The van der Waals surface area contributed by atoms with Gasteiger partial charge in [0.15, 0.2) is 0 Å². The van der Waals surface area contributed by atoms with Gasteiger partial charge < -0.3 is 11.1 Å². The van der Waals surface area contributed by atoms with E-state index in [1.807, 2.05) is 18.2 Å². The molecule has 6 heteroatoms. The minimum absolute atomic E-state index is 0.225. The number of rotatable bonds is 3. The van der Waals surface area contributed by atoms with E-state index in [9.17, 15) is 4.79 Å². The summed E-state index contributed by atoms with van der Waals surface area (Å²) in [6.45, 7) is 0. The van der Waals surface area contributed by atoms with Crippen LogP contribution in [0.15, 0.2) is 51.4 Å². The van der Waals surface area contributed by atoms with E-state index >= 15 is 0 Å². The van der Waals surface area contributed by atoms with E-state index in [-0.39, 0.29) is 10.9 Å². The highest BCUT2D eigenvalue weighted by atomic mass is 79.9. The molecule has 0 heterocycles. The van der Waals surface area contributed by atoms with Crippen molar-refractivity contribution in [3.8, 4) is 0 Å². The van der Waals surface area contributed by atoms with E-state index < -0.39 is 0 Å². The molecule has 0 aliphatic rings. The first-order chi connectivity index (χ1) is 9.49. The van der Waals surface area contributed by atoms with Gasteiger partial charge in [0.25, 0.3) is 5.91 Å². The Balaban J connectivity index is 2.33. The number of hydrogen-bond acceptors (Lipinski definition) is 2. The second-order valence-corrected chi connectivity index (χ2v) is 6.20. The van der Waals surface area contributed by atoms with Crippen LogP contribution in [0.25, 0.3) is 0 Å². The van der Waals surface area contributed by atoms with Gasteiger partial charge in [-0.15, -0.1) is 0 Å². The number of amides is 1. The highest BCUT2D eigenvalue weighted by Crippen LogP contribution is 2.23. The molecular weight excluding hydrogens is 404 g/mol. The third-order valence-electron chi connectivity index (χ3n) is 2.61. The summed E-state index contributed by atoms with van der Waals surface area (Å²) < 4.78 is 1.57. The van der Waals surface area contributed by atoms with Gasteiger partial charge in [-0.3, -0.25) is 4.79 Å². The summed E-state index contributed by atoms with van der Waals surface area (Å²) in [4.78, 5) is 12.5. The summed E-state index contributed by atoms with van der Waals surface area (Å²) in [5.41, 5.74) is 7.43. The van der Waals surface area contributed by atoms with E-state index in [2.05, 4.69) is 37.2 Å². The molecule has 2 aromatic rings. The van der Waals surface area contributed by atoms with Gasteiger partial charge in [0.1, 0.15) is 4.99 Å². The Kier molecular flexibility index (Phi) is 4.91. The van der Waals surface area contributed by atoms with E-state index in [4.69, 9.17) is 18.0 Å². The van der Waals surface area contributed by atoms with Gasteiger partial charge in [-0.25, -0.2) is 0 Å². The number of carbonyl (C=O) groups excluding carboxylic acids is 1. The molecule has 0 spiro atoms. The van der Waals surface area contributed by atoms with Crippen LogP contribution in [0.2, 0.25) is 0 Å². The Morgan fingerprint density at radius 2 is 1.80 bits per heavy atom. The third-order valence-corrected chi connectivity index (χ3v) is 4.02. The van der Waals surface area contributed by atoms with Gasteiger partial charge in [0.2, 0.25) is 0 Å². The summed E-state index contributed by atoms with van der Waals surface area (Å²) in [7, 11) is 0. The number of thiocarbonyl (C=S) groups is 1. The highest BCUT2D eigenvalue weighted by Gasteiger charge is 2.13. The molecule has 0 radical (unpaired) electrons. The zero-order valence-corrected chi connectivity index (χ0v) is 14.2. The molecule has 0 bridgehead atoms. The van der Waals surface area contributed by atoms with Crippen molar-refractivity contribution >= 4 is 60.7 Å². The number of nitrogens with two attached hydrogens (primary N) is 1. The molecule has 3 N–H and O–H groups in total. The van der Waals surface area contributed by atoms with E-state index in [1.165, 1.54) is 0 Å². The van der Waals surface area contributed by atoms with Crippen molar-refractivity contribution in [1.29, 1.82) is 0 Å². The predicted octanol–water partition coefficient (Wildman–Crippen LogP) is 4.10. The minimum Gasteiger partial charge on any atom is -0.389 e. The van der Waals surface area contributed by atoms with Crippen LogP contribution in [0.1, 0.15) is 15.9 Å². The van der Waals surface area contributed by atoms with Crippen LogP contribution in [-0.2, 0) is 0 Å². The quantitative estimate of drug-likeness (QED) is 0.744. The standard InChI is InChI=1S/C14H10Br2N2OS/c15-8-5-6-12(10(7-8)13(17)20)18-14(19)9-3-1-2-4-11(9)16/h1-7H,(H2,17,20)(H,18,19). The van der Waals surface area contributed by atoms with Crippen molar-refractivity contribution in [3.05, 3.63) is 62.5 Å². The van der Waals surface area contributed by atoms with Crippen LogP contribution in [0, 0.1) is 0 Å². The summed E-state index contributed by atoms with van der Waals surface area (Å²) in [6, 6.07) is 12.5. The molecular formula is C14H10Br2N2OS. The molecule has 0 saturated carbocycles. The van der Waals surface area contributed by atoms with E-state index in [0.717, 1.165) is 8.95 Å². The van der Waals surface area contributed by atoms with Crippen LogP contribution < -0.4 is 11.1 Å². The molecule has 102 valence electrons. The molecule has 0 fully saturated rings. The first-order valence-corrected chi connectivity index (χ1v) is 7.63. The average molecular weight is 414 g/mol. The fourth-order valence-electron chi connectivity index (χ4n) is 1.66. The van der Waals surface area contributed by atoms with Crippen LogP contribution in [0.4, 0.5) is 5.69 Å². The number of hydrogen-bond donors (Lipinski definition) is 2. The van der Waals surface area contributed by atoms with Crippen molar-refractivity contribution < 1.29 is 4.79 Å². The summed E-state index contributed by atoms with van der Waals surface area (Å²) >= 11 is 11.7. The first kappa shape index (κ1) is 15.2. The molecule has 0 saturated heterocycles. The summed E-state index contributed by atoms with van der Waals surface area (Å²) in [5, 5.41) is 2.82. The maximum atomic E-state index is 12.3. The summed E-state index contributed by atoms with van der Waals surface area (Å²) in [5.74, 6) is -0.225. The van der Waals surface area contributed by atoms with Crippen molar-refractivity contribution in [1.82, 2.24) is 0 Å². The Morgan fingerprint density at radius 1 is 1.10 bits per heavy atom. The molecule has 0 aromatic heterocycles. The van der Waals surface area contributed by atoms with Gasteiger partial charge >= 0.3 is 0 Å². The summed E-state index contributed by atoms with van der Waals surface area (Å²) in [6.07, 6.45) is 0. The lowest BCUT2D eigenvalue weighted by molar-refractivity contribution is 0.102. The van der Waals surface area contributed by atoms with Crippen molar-refractivity contribution in [3.63, 3.8) is 0 Å². The minimum atomic E-state index is -0.225. The average Bonchev–Trinajstić information content (AvgIpc) is 2.41. The van der Waals surface area contributed by atoms with Gasteiger partial charge in [0.05, 0.1) is 11.3 Å². The van der Waals surface area contributed by atoms with Gasteiger partial charge in [-0.1, -0.05) is 40.3 Å². The molecule has 0 unspecified atom stereocenters. The van der Waals surface area contributed by atoms with Crippen LogP contribution in [-0.4, -0.2) is 10.9 Å². The van der Waals surface area contributed by atoms with E-state index in [0.29, 0.717) is 16.8 Å². The van der Waals surface area contributed by atoms with Crippen LogP contribution in [0.5, 0.6) is 0 Å². The molecule has 1 amide bonds. The van der Waals surface area contributed by atoms with Gasteiger partial charge in [-0.2, -0.15) is 0 Å². The van der Waals surface area contributed by atoms with Crippen molar-refractivity contribution in [2.45, 2.75) is 0 Å². The number of anilines is 1. The molecule has 3 nitrogen and oxygen atoms in total. The SMILES string of the molecule is NC(=S)c1cc(Br)ccc1NC(=O)c1ccccc1Br. The van der Waals surface area contributed by atoms with Crippen molar-refractivity contribution in [2.75, 3.05) is 5.32 Å². The number of benzene rings is 2. The lowest BCUT2D eigenvalue weighted by Gasteiger charge is -2.11. The number of carbonyl (C=O) groups is 1. The monoisotopic (exact) mass is 412 g/mol. The van der Waals surface area contributed by atoms with Gasteiger partial charge in [-0.05, 0) is 46.3 Å². The lowest BCUT2D eigenvalue weighted by Crippen LogP contribution is -2.18. The second kappa shape index (κ2) is 6.47. The Hall–Kier alpha value is -1.24. The normalized spacial score (nSPS) is 10.1.